The number of hydrogen-bond acceptors (Lipinski definition) is 1. The largest absolute Gasteiger partial charge is 0.289 e. The molecule has 0 saturated carbocycles. The molecule has 17 heavy (non-hydrogen) atoms. The van der Waals surface area contributed by atoms with Crippen LogP contribution in [0.5, 0.6) is 0 Å². The minimum atomic E-state index is -0.559. The number of rotatable bonds is 3. The monoisotopic (exact) mass is 264 g/mol. The topological polar surface area (TPSA) is 17.1 Å². The molecule has 2 rings (SSSR count). The van der Waals surface area contributed by atoms with Crippen LogP contribution in [0.2, 0.25) is 0 Å². The lowest BCUT2D eigenvalue weighted by Crippen LogP contribution is -2.00. The zero-order valence-electron chi connectivity index (χ0n) is 8.94. The third kappa shape index (κ3) is 2.87. The number of carbonyl (C=O) groups is 1. The molecule has 0 N–H and O–H groups in total. The molecule has 0 unspecified atom stereocenters. The van der Waals surface area contributed by atoms with Crippen molar-refractivity contribution in [3.63, 3.8) is 0 Å². The molecule has 0 spiro atoms. The standard InChI is InChI=1S/C14H10Cl2O/c15-14(16)12-8-6-11(7-9-12)13(17)10-4-2-1-3-5-10/h1-9,14H. The van der Waals surface area contributed by atoms with E-state index in [1.807, 2.05) is 18.2 Å². The molecule has 3 heteroatoms. The van der Waals surface area contributed by atoms with Gasteiger partial charge >= 0.3 is 0 Å². The van der Waals surface area contributed by atoms with E-state index in [4.69, 9.17) is 23.2 Å². The van der Waals surface area contributed by atoms with Crippen LogP contribution in [0.25, 0.3) is 0 Å². The molecule has 0 saturated heterocycles. The fourth-order valence-corrected chi connectivity index (χ4v) is 1.83. The normalized spacial score (nSPS) is 10.5. The van der Waals surface area contributed by atoms with E-state index in [1.165, 1.54) is 0 Å². The maximum atomic E-state index is 12.1. The molecule has 0 bridgehead atoms. The van der Waals surface area contributed by atoms with Gasteiger partial charge in [-0.3, -0.25) is 4.79 Å². The molecule has 0 aliphatic rings. The second-order valence-electron chi connectivity index (χ2n) is 3.62. The molecule has 0 fully saturated rings. The third-order valence-corrected chi connectivity index (χ3v) is 2.96. The Morgan fingerprint density at radius 3 is 1.88 bits per heavy atom. The van der Waals surface area contributed by atoms with Crippen LogP contribution < -0.4 is 0 Å². The van der Waals surface area contributed by atoms with Crippen molar-refractivity contribution in [2.45, 2.75) is 4.84 Å². The Labute approximate surface area is 110 Å². The van der Waals surface area contributed by atoms with Gasteiger partial charge < -0.3 is 0 Å². The van der Waals surface area contributed by atoms with Crippen LogP contribution in [0.3, 0.4) is 0 Å². The lowest BCUT2D eigenvalue weighted by atomic mass is 10.0. The molecular formula is C14H10Cl2O. The van der Waals surface area contributed by atoms with Gasteiger partial charge in [-0.05, 0) is 5.56 Å². The first-order valence-electron chi connectivity index (χ1n) is 5.16. The van der Waals surface area contributed by atoms with Crippen LogP contribution in [0, 0.1) is 0 Å². The summed E-state index contributed by atoms with van der Waals surface area (Å²) in [6.45, 7) is 0. The van der Waals surface area contributed by atoms with Crippen molar-refractivity contribution in [2.75, 3.05) is 0 Å². The number of hydrogen-bond donors (Lipinski definition) is 0. The third-order valence-electron chi connectivity index (χ3n) is 2.46. The van der Waals surface area contributed by atoms with Crippen LogP contribution in [-0.4, -0.2) is 5.78 Å². The van der Waals surface area contributed by atoms with E-state index in [0.29, 0.717) is 11.1 Å². The molecule has 0 aromatic heterocycles. The van der Waals surface area contributed by atoms with Crippen molar-refractivity contribution in [3.05, 3.63) is 71.3 Å². The SMILES string of the molecule is O=C(c1ccccc1)c1ccc(C(Cl)Cl)cc1. The van der Waals surface area contributed by atoms with Crippen molar-refractivity contribution in [1.29, 1.82) is 0 Å². The average molecular weight is 265 g/mol. The van der Waals surface area contributed by atoms with Gasteiger partial charge in [-0.25, -0.2) is 0 Å². The Morgan fingerprint density at radius 2 is 1.35 bits per heavy atom. The highest BCUT2D eigenvalue weighted by Crippen LogP contribution is 2.24. The summed E-state index contributed by atoms with van der Waals surface area (Å²) in [4.78, 5) is 11.5. The maximum Gasteiger partial charge on any atom is 0.193 e. The van der Waals surface area contributed by atoms with Gasteiger partial charge in [0.2, 0.25) is 0 Å². The molecule has 0 aliphatic carbocycles. The second kappa shape index (κ2) is 5.35. The van der Waals surface area contributed by atoms with Gasteiger partial charge in [-0.1, -0.05) is 54.6 Å². The Balaban J connectivity index is 2.27. The molecule has 0 amide bonds. The van der Waals surface area contributed by atoms with E-state index >= 15 is 0 Å². The Kier molecular flexibility index (Phi) is 3.82. The summed E-state index contributed by atoms with van der Waals surface area (Å²) < 4.78 is 0. The number of carbonyl (C=O) groups excluding carboxylic acids is 1. The molecule has 2 aromatic rings. The highest BCUT2D eigenvalue weighted by molar-refractivity contribution is 6.44. The molecule has 0 heterocycles. The number of benzene rings is 2. The van der Waals surface area contributed by atoms with Gasteiger partial charge in [0.15, 0.2) is 5.78 Å². The van der Waals surface area contributed by atoms with Gasteiger partial charge in [0, 0.05) is 11.1 Å². The Morgan fingerprint density at radius 1 is 0.824 bits per heavy atom. The molecular weight excluding hydrogens is 255 g/mol. The summed E-state index contributed by atoms with van der Waals surface area (Å²) in [5.74, 6) is -0.00200. The molecule has 0 aliphatic heterocycles. The van der Waals surface area contributed by atoms with E-state index in [1.54, 1.807) is 36.4 Å². The van der Waals surface area contributed by atoms with Crippen molar-refractivity contribution in [3.8, 4) is 0 Å². The molecule has 0 atom stereocenters. The van der Waals surface area contributed by atoms with Crippen LogP contribution >= 0.6 is 23.2 Å². The van der Waals surface area contributed by atoms with Crippen LogP contribution in [0.4, 0.5) is 0 Å². The summed E-state index contributed by atoms with van der Waals surface area (Å²) in [6.07, 6.45) is 0. The van der Waals surface area contributed by atoms with Crippen molar-refractivity contribution < 1.29 is 4.79 Å². The first-order chi connectivity index (χ1) is 8.18. The van der Waals surface area contributed by atoms with Crippen molar-refractivity contribution in [2.24, 2.45) is 0 Å². The summed E-state index contributed by atoms with van der Waals surface area (Å²) >= 11 is 11.5. The Bertz CT molecular complexity index is 504. The van der Waals surface area contributed by atoms with Crippen LogP contribution in [0.15, 0.2) is 54.6 Å². The van der Waals surface area contributed by atoms with Crippen molar-refractivity contribution >= 4 is 29.0 Å². The fraction of sp³-hybridized carbons (Fsp3) is 0.0714. The zero-order valence-corrected chi connectivity index (χ0v) is 10.4. The fourth-order valence-electron chi connectivity index (χ4n) is 1.54. The van der Waals surface area contributed by atoms with Crippen LogP contribution in [-0.2, 0) is 0 Å². The van der Waals surface area contributed by atoms with Gasteiger partial charge in [0.1, 0.15) is 4.84 Å². The van der Waals surface area contributed by atoms with Gasteiger partial charge in [0.25, 0.3) is 0 Å². The highest BCUT2D eigenvalue weighted by Gasteiger charge is 2.09. The minimum absolute atomic E-state index is 0.00200. The van der Waals surface area contributed by atoms with Gasteiger partial charge in [-0.2, -0.15) is 0 Å². The molecule has 1 nitrogen and oxygen atoms in total. The lowest BCUT2D eigenvalue weighted by Gasteiger charge is -2.04. The van der Waals surface area contributed by atoms with Crippen LogP contribution in [0.1, 0.15) is 26.3 Å². The zero-order chi connectivity index (χ0) is 12.3. The summed E-state index contributed by atoms with van der Waals surface area (Å²) in [6, 6.07) is 16.2. The van der Waals surface area contributed by atoms with E-state index in [-0.39, 0.29) is 5.78 Å². The highest BCUT2D eigenvalue weighted by atomic mass is 35.5. The number of ketones is 1. The quantitative estimate of drug-likeness (QED) is 0.594. The number of halogens is 2. The van der Waals surface area contributed by atoms with Crippen molar-refractivity contribution in [1.82, 2.24) is 0 Å². The molecule has 2 aromatic carbocycles. The first kappa shape index (κ1) is 12.2. The van der Waals surface area contributed by atoms with E-state index in [2.05, 4.69) is 0 Å². The predicted molar refractivity (Wildman–Crippen MR) is 70.8 cm³/mol. The maximum absolute atomic E-state index is 12.1. The second-order valence-corrected chi connectivity index (χ2v) is 4.71. The summed E-state index contributed by atoms with van der Waals surface area (Å²) in [7, 11) is 0. The summed E-state index contributed by atoms with van der Waals surface area (Å²) in [5, 5.41) is 0. The predicted octanol–water partition coefficient (Wildman–Crippen LogP) is 4.39. The van der Waals surface area contributed by atoms with E-state index < -0.39 is 4.84 Å². The summed E-state index contributed by atoms with van der Waals surface area (Å²) in [5.41, 5.74) is 2.10. The van der Waals surface area contributed by atoms with E-state index in [9.17, 15) is 4.79 Å². The molecule has 86 valence electrons. The average Bonchev–Trinajstić information content (AvgIpc) is 2.39. The molecule has 0 radical (unpaired) electrons. The lowest BCUT2D eigenvalue weighted by molar-refractivity contribution is 0.103. The Hall–Kier alpha value is -1.31. The van der Waals surface area contributed by atoms with Gasteiger partial charge in [0.05, 0.1) is 0 Å². The minimum Gasteiger partial charge on any atom is -0.289 e. The smallest absolute Gasteiger partial charge is 0.193 e. The van der Waals surface area contributed by atoms with E-state index in [0.717, 1.165) is 5.56 Å². The first-order valence-corrected chi connectivity index (χ1v) is 6.03. The van der Waals surface area contributed by atoms with Gasteiger partial charge in [-0.15, -0.1) is 23.2 Å². The number of alkyl halides is 2.